The second-order valence-electron chi connectivity index (χ2n) is 4.88. The van der Waals surface area contributed by atoms with Crippen molar-refractivity contribution in [3.63, 3.8) is 0 Å². The quantitative estimate of drug-likeness (QED) is 0.804. The topological polar surface area (TPSA) is 21.3 Å². The number of hydrogen-bond donors (Lipinski definition) is 1. The first-order valence-electron chi connectivity index (χ1n) is 6.98. The molecule has 0 aromatic heterocycles. The van der Waals surface area contributed by atoms with E-state index < -0.39 is 0 Å². The molecule has 1 N–H and O–H groups in total. The summed E-state index contributed by atoms with van der Waals surface area (Å²) in [5.41, 5.74) is 1.06. The summed E-state index contributed by atoms with van der Waals surface area (Å²) in [5, 5.41) is 4.77. The van der Waals surface area contributed by atoms with Gasteiger partial charge in [-0.3, -0.25) is 0 Å². The van der Waals surface area contributed by atoms with Crippen molar-refractivity contribution in [2.24, 2.45) is 0 Å². The summed E-state index contributed by atoms with van der Waals surface area (Å²) in [6, 6.07) is 15.7. The first-order chi connectivity index (χ1) is 10.2. The largest absolute Gasteiger partial charge is 0.494 e. The van der Waals surface area contributed by atoms with Crippen molar-refractivity contribution >= 4 is 23.2 Å². The van der Waals surface area contributed by atoms with Gasteiger partial charge in [0.25, 0.3) is 0 Å². The molecule has 2 nitrogen and oxygen atoms in total. The highest BCUT2D eigenvalue weighted by Gasteiger charge is 2.10. The summed E-state index contributed by atoms with van der Waals surface area (Å²) in [4.78, 5) is 0. The van der Waals surface area contributed by atoms with Crippen LogP contribution in [0.3, 0.4) is 0 Å². The van der Waals surface area contributed by atoms with E-state index >= 15 is 0 Å². The minimum atomic E-state index is 0.296. The smallest absolute Gasteiger partial charge is 0.119 e. The van der Waals surface area contributed by atoms with E-state index in [4.69, 9.17) is 27.9 Å². The molecule has 2 aromatic carbocycles. The molecule has 0 heterocycles. The monoisotopic (exact) mass is 323 g/mol. The van der Waals surface area contributed by atoms with Gasteiger partial charge < -0.3 is 10.1 Å². The molecule has 1 unspecified atom stereocenters. The molecule has 2 aromatic rings. The second-order valence-corrected chi connectivity index (χ2v) is 5.72. The number of nitrogens with one attached hydrogen (secondary N) is 1. The van der Waals surface area contributed by atoms with E-state index in [2.05, 4.69) is 5.32 Å². The number of ether oxygens (including phenoxy) is 1. The van der Waals surface area contributed by atoms with Crippen molar-refractivity contribution in [1.82, 2.24) is 5.32 Å². The second kappa shape index (κ2) is 8.28. The van der Waals surface area contributed by atoms with Crippen LogP contribution in [0.1, 0.15) is 12.0 Å². The SMILES string of the molecule is CNC(CCOc1ccccc1)Cc1cc(Cl)ccc1Cl. The summed E-state index contributed by atoms with van der Waals surface area (Å²) in [7, 11) is 1.95. The van der Waals surface area contributed by atoms with Crippen LogP contribution in [0.25, 0.3) is 0 Å². The Labute approximate surface area is 136 Å². The molecule has 0 spiro atoms. The van der Waals surface area contributed by atoms with Crippen LogP contribution in [-0.2, 0) is 6.42 Å². The molecule has 0 saturated carbocycles. The van der Waals surface area contributed by atoms with Gasteiger partial charge in [-0.05, 0) is 55.8 Å². The van der Waals surface area contributed by atoms with Crippen molar-refractivity contribution in [3.05, 3.63) is 64.1 Å². The normalized spacial score (nSPS) is 12.1. The maximum atomic E-state index is 6.21. The lowest BCUT2D eigenvalue weighted by Gasteiger charge is -2.17. The Morgan fingerprint density at radius 2 is 1.86 bits per heavy atom. The fourth-order valence-corrected chi connectivity index (χ4v) is 2.54. The summed E-state index contributed by atoms with van der Waals surface area (Å²) < 4.78 is 5.73. The summed E-state index contributed by atoms with van der Waals surface area (Å²) in [6.07, 6.45) is 1.72. The van der Waals surface area contributed by atoms with Crippen molar-refractivity contribution < 1.29 is 4.74 Å². The predicted octanol–water partition coefficient (Wildman–Crippen LogP) is 4.59. The Kier molecular flexibility index (Phi) is 6.37. The molecule has 0 aliphatic heterocycles. The molecule has 0 saturated heterocycles. The summed E-state index contributed by atoms with van der Waals surface area (Å²) in [5.74, 6) is 0.896. The molecule has 0 bridgehead atoms. The zero-order valence-corrected chi connectivity index (χ0v) is 13.5. The van der Waals surface area contributed by atoms with Crippen LogP contribution in [0, 0.1) is 0 Å². The van der Waals surface area contributed by atoms with Crippen LogP contribution in [0.4, 0.5) is 0 Å². The van der Waals surface area contributed by atoms with Gasteiger partial charge in [0.2, 0.25) is 0 Å². The van der Waals surface area contributed by atoms with Crippen LogP contribution in [0.15, 0.2) is 48.5 Å². The number of likely N-dealkylation sites (N-methyl/N-ethyl adjacent to an activating group) is 1. The molecular formula is C17H19Cl2NO. The highest BCUT2D eigenvalue weighted by Crippen LogP contribution is 2.22. The molecular weight excluding hydrogens is 305 g/mol. The Balaban J connectivity index is 1.87. The van der Waals surface area contributed by atoms with E-state index in [9.17, 15) is 0 Å². The average molecular weight is 324 g/mol. The number of para-hydroxylation sites is 1. The first-order valence-corrected chi connectivity index (χ1v) is 7.73. The highest BCUT2D eigenvalue weighted by molar-refractivity contribution is 6.33. The van der Waals surface area contributed by atoms with Gasteiger partial charge in [-0.25, -0.2) is 0 Å². The van der Waals surface area contributed by atoms with Crippen molar-refractivity contribution in [2.45, 2.75) is 18.9 Å². The fourth-order valence-electron chi connectivity index (χ4n) is 2.15. The maximum absolute atomic E-state index is 6.21. The minimum Gasteiger partial charge on any atom is -0.494 e. The minimum absolute atomic E-state index is 0.296. The fraction of sp³-hybridized carbons (Fsp3) is 0.294. The molecule has 2 rings (SSSR count). The molecule has 21 heavy (non-hydrogen) atoms. The number of rotatable bonds is 7. The lowest BCUT2D eigenvalue weighted by atomic mass is 10.0. The van der Waals surface area contributed by atoms with Crippen LogP contribution in [0.2, 0.25) is 10.0 Å². The average Bonchev–Trinajstić information content (AvgIpc) is 2.51. The highest BCUT2D eigenvalue weighted by atomic mass is 35.5. The standard InChI is InChI=1S/C17H19Cl2NO/c1-20-15(9-10-21-16-5-3-2-4-6-16)12-13-11-14(18)7-8-17(13)19/h2-8,11,15,20H,9-10,12H2,1H3. The van der Waals surface area contributed by atoms with Gasteiger partial charge in [0.05, 0.1) is 6.61 Å². The van der Waals surface area contributed by atoms with Gasteiger partial charge in [0.15, 0.2) is 0 Å². The van der Waals surface area contributed by atoms with Gasteiger partial charge in [-0.15, -0.1) is 0 Å². The molecule has 4 heteroatoms. The lowest BCUT2D eigenvalue weighted by molar-refractivity contribution is 0.288. The third-order valence-electron chi connectivity index (χ3n) is 3.36. The number of benzene rings is 2. The molecule has 0 radical (unpaired) electrons. The van der Waals surface area contributed by atoms with E-state index in [1.54, 1.807) is 6.07 Å². The van der Waals surface area contributed by atoms with Crippen LogP contribution in [0.5, 0.6) is 5.75 Å². The van der Waals surface area contributed by atoms with Crippen molar-refractivity contribution in [2.75, 3.05) is 13.7 Å². The van der Waals surface area contributed by atoms with Gasteiger partial charge in [0, 0.05) is 16.1 Å². The van der Waals surface area contributed by atoms with Crippen LogP contribution < -0.4 is 10.1 Å². The van der Waals surface area contributed by atoms with Gasteiger partial charge >= 0.3 is 0 Å². The Morgan fingerprint density at radius 3 is 2.57 bits per heavy atom. The van der Waals surface area contributed by atoms with Gasteiger partial charge in [-0.2, -0.15) is 0 Å². The zero-order chi connectivity index (χ0) is 15.1. The van der Waals surface area contributed by atoms with Gasteiger partial charge in [-0.1, -0.05) is 41.4 Å². The van der Waals surface area contributed by atoms with E-state index in [0.29, 0.717) is 17.7 Å². The van der Waals surface area contributed by atoms with Gasteiger partial charge in [0.1, 0.15) is 5.75 Å². The molecule has 0 fully saturated rings. The Hall–Kier alpha value is -1.22. The molecule has 1 atom stereocenters. The number of hydrogen-bond acceptors (Lipinski definition) is 2. The Bertz CT molecular complexity index is 560. The van der Waals surface area contributed by atoms with E-state index in [0.717, 1.165) is 29.2 Å². The molecule has 0 aliphatic rings. The van der Waals surface area contributed by atoms with Crippen molar-refractivity contribution in [3.8, 4) is 5.75 Å². The lowest BCUT2D eigenvalue weighted by Crippen LogP contribution is -2.29. The van der Waals surface area contributed by atoms with Crippen LogP contribution >= 0.6 is 23.2 Å². The van der Waals surface area contributed by atoms with E-state index in [-0.39, 0.29) is 0 Å². The summed E-state index contributed by atoms with van der Waals surface area (Å²) >= 11 is 12.2. The van der Waals surface area contributed by atoms with Crippen LogP contribution in [-0.4, -0.2) is 19.7 Å². The zero-order valence-electron chi connectivity index (χ0n) is 12.0. The summed E-state index contributed by atoms with van der Waals surface area (Å²) in [6.45, 7) is 0.660. The third-order valence-corrected chi connectivity index (χ3v) is 3.96. The molecule has 0 aliphatic carbocycles. The third kappa shape index (κ3) is 5.24. The number of halogens is 2. The first kappa shape index (κ1) is 16.2. The molecule has 112 valence electrons. The van der Waals surface area contributed by atoms with E-state index in [1.807, 2.05) is 49.5 Å². The van der Waals surface area contributed by atoms with E-state index in [1.165, 1.54) is 0 Å². The molecule has 0 amide bonds. The predicted molar refractivity (Wildman–Crippen MR) is 89.6 cm³/mol. The maximum Gasteiger partial charge on any atom is 0.119 e. The Morgan fingerprint density at radius 1 is 1.10 bits per heavy atom. The van der Waals surface area contributed by atoms with Crippen molar-refractivity contribution in [1.29, 1.82) is 0 Å².